The first-order chi connectivity index (χ1) is 20.6. The van der Waals surface area contributed by atoms with Gasteiger partial charge in [0.25, 0.3) is 11.8 Å². The first-order valence-electron chi connectivity index (χ1n) is 14.8. The standard InChI is InChI=1S/C34H43FN4O4/c1-5-18-39(19-6-2)34(42)26-9-7-8-25(22-26)33(41)38-31(21-24-10-16-29(43-4)17-11-24)30(36)20-23(3)32(40)37-28-14-12-27(35)13-15-28/h7-17,22-23,30-31H,5-6,18-21,36H2,1-4H3,(H,37,40)(H,38,41)/t23-,30+,31+/m1/s1. The molecule has 0 aliphatic heterocycles. The third-order valence-electron chi connectivity index (χ3n) is 7.28. The monoisotopic (exact) mass is 590 g/mol. The van der Waals surface area contributed by atoms with Crippen molar-refractivity contribution in [2.45, 2.75) is 58.5 Å². The zero-order valence-electron chi connectivity index (χ0n) is 25.4. The van der Waals surface area contributed by atoms with Crippen LogP contribution in [0.2, 0.25) is 0 Å². The van der Waals surface area contributed by atoms with Gasteiger partial charge < -0.3 is 26.0 Å². The summed E-state index contributed by atoms with van der Waals surface area (Å²) in [7, 11) is 1.59. The van der Waals surface area contributed by atoms with E-state index in [0.29, 0.717) is 42.1 Å². The van der Waals surface area contributed by atoms with Crippen LogP contribution < -0.4 is 21.1 Å². The van der Waals surface area contributed by atoms with E-state index in [1.807, 2.05) is 38.1 Å². The number of ether oxygens (including phenoxy) is 1. The van der Waals surface area contributed by atoms with Crippen LogP contribution in [0.3, 0.4) is 0 Å². The Morgan fingerprint density at radius 2 is 1.56 bits per heavy atom. The molecule has 0 bridgehead atoms. The van der Waals surface area contributed by atoms with Crippen LogP contribution in [-0.2, 0) is 11.2 Å². The maximum Gasteiger partial charge on any atom is 0.253 e. The molecule has 0 spiro atoms. The molecule has 3 amide bonds. The minimum atomic E-state index is -0.575. The quantitative estimate of drug-likeness (QED) is 0.219. The van der Waals surface area contributed by atoms with Crippen molar-refractivity contribution in [3.63, 3.8) is 0 Å². The fourth-order valence-corrected chi connectivity index (χ4v) is 4.89. The summed E-state index contributed by atoms with van der Waals surface area (Å²) in [6, 6.07) is 18.7. The minimum Gasteiger partial charge on any atom is -0.497 e. The van der Waals surface area contributed by atoms with Crippen LogP contribution in [0.4, 0.5) is 10.1 Å². The Kier molecular flexibility index (Phi) is 12.7. The summed E-state index contributed by atoms with van der Waals surface area (Å²) in [5.41, 5.74) is 8.89. The van der Waals surface area contributed by atoms with E-state index in [9.17, 15) is 18.8 Å². The molecule has 0 aromatic heterocycles. The first kappa shape index (κ1) is 33.3. The van der Waals surface area contributed by atoms with Crippen molar-refractivity contribution in [2.75, 3.05) is 25.5 Å². The highest BCUT2D eigenvalue weighted by molar-refractivity contribution is 6.00. The number of rotatable bonds is 15. The number of nitrogens with two attached hydrogens (primary N) is 1. The largest absolute Gasteiger partial charge is 0.497 e. The van der Waals surface area contributed by atoms with E-state index >= 15 is 0 Å². The van der Waals surface area contributed by atoms with Gasteiger partial charge in [-0.2, -0.15) is 0 Å². The Morgan fingerprint density at radius 1 is 0.930 bits per heavy atom. The van der Waals surface area contributed by atoms with Gasteiger partial charge in [0.05, 0.1) is 7.11 Å². The lowest BCUT2D eigenvalue weighted by Gasteiger charge is -2.27. The van der Waals surface area contributed by atoms with Gasteiger partial charge in [0, 0.05) is 47.9 Å². The van der Waals surface area contributed by atoms with Gasteiger partial charge in [-0.05, 0) is 85.8 Å². The zero-order valence-corrected chi connectivity index (χ0v) is 25.4. The number of anilines is 1. The maximum atomic E-state index is 13.5. The summed E-state index contributed by atoms with van der Waals surface area (Å²) in [6.07, 6.45) is 2.40. The van der Waals surface area contributed by atoms with Crippen molar-refractivity contribution in [1.82, 2.24) is 10.2 Å². The summed E-state index contributed by atoms with van der Waals surface area (Å²) in [5, 5.41) is 5.85. The second-order valence-corrected chi connectivity index (χ2v) is 10.8. The SMILES string of the molecule is CCCN(CCC)C(=O)c1cccc(C(=O)N[C@@H](Cc2ccc(OC)cc2)[C@@H](N)C[C@@H](C)C(=O)Nc2ccc(F)cc2)c1. The Labute approximate surface area is 253 Å². The molecule has 0 saturated carbocycles. The molecule has 8 nitrogen and oxygen atoms in total. The van der Waals surface area contributed by atoms with Crippen molar-refractivity contribution in [1.29, 1.82) is 0 Å². The highest BCUT2D eigenvalue weighted by atomic mass is 19.1. The van der Waals surface area contributed by atoms with Gasteiger partial charge in [-0.15, -0.1) is 0 Å². The average molecular weight is 591 g/mol. The Balaban J connectivity index is 1.77. The number of hydrogen-bond donors (Lipinski definition) is 3. The minimum absolute atomic E-state index is 0.106. The molecule has 0 fully saturated rings. The lowest BCUT2D eigenvalue weighted by atomic mass is 9.91. The smallest absolute Gasteiger partial charge is 0.253 e. The fourth-order valence-electron chi connectivity index (χ4n) is 4.89. The first-order valence-corrected chi connectivity index (χ1v) is 14.8. The van der Waals surface area contributed by atoms with E-state index < -0.39 is 18.0 Å². The molecule has 0 aliphatic rings. The van der Waals surface area contributed by atoms with Crippen LogP contribution in [0.25, 0.3) is 0 Å². The number of nitrogens with zero attached hydrogens (tertiary/aromatic N) is 1. The number of methoxy groups -OCH3 is 1. The lowest BCUT2D eigenvalue weighted by Crippen LogP contribution is -2.50. The van der Waals surface area contributed by atoms with E-state index in [4.69, 9.17) is 10.5 Å². The van der Waals surface area contributed by atoms with E-state index in [0.717, 1.165) is 18.4 Å². The number of carbonyl (C=O) groups is 3. The van der Waals surface area contributed by atoms with Gasteiger partial charge in [-0.1, -0.05) is 39.0 Å². The molecule has 0 saturated heterocycles. The van der Waals surface area contributed by atoms with Crippen LogP contribution in [0.5, 0.6) is 5.75 Å². The Morgan fingerprint density at radius 3 is 2.16 bits per heavy atom. The molecular formula is C34H43FN4O4. The summed E-state index contributed by atoms with van der Waals surface area (Å²) in [4.78, 5) is 41.4. The lowest BCUT2D eigenvalue weighted by molar-refractivity contribution is -0.119. The zero-order chi connectivity index (χ0) is 31.4. The average Bonchev–Trinajstić information content (AvgIpc) is 3.01. The van der Waals surface area contributed by atoms with Crippen LogP contribution in [-0.4, -0.2) is 54.9 Å². The molecule has 0 aliphatic carbocycles. The molecule has 43 heavy (non-hydrogen) atoms. The maximum absolute atomic E-state index is 13.5. The number of nitrogens with one attached hydrogen (secondary N) is 2. The summed E-state index contributed by atoms with van der Waals surface area (Å²) in [6.45, 7) is 7.11. The Bertz CT molecular complexity index is 1340. The van der Waals surface area contributed by atoms with E-state index in [-0.39, 0.29) is 30.0 Å². The summed E-state index contributed by atoms with van der Waals surface area (Å²) >= 11 is 0. The van der Waals surface area contributed by atoms with Crippen molar-refractivity contribution >= 4 is 23.4 Å². The number of amides is 3. The van der Waals surface area contributed by atoms with Gasteiger partial charge in [0.2, 0.25) is 5.91 Å². The van der Waals surface area contributed by atoms with Gasteiger partial charge in [-0.3, -0.25) is 14.4 Å². The third-order valence-corrected chi connectivity index (χ3v) is 7.28. The summed E-state index contributed by atoms with van der Waals surface area (Å²) in [5.74, 6) is -0.887. The molecule has 4 N–H and O–H groups in total. The predicted octanol–water partition coefficient (Wildman–Crippen LogP) is 5.43. The van der Waals surface area contributed by atoms with Crippen molar-refractivity contribution < 1.29 is 23.5 Å². The molecule has 3 rings (SSSR count). The number of benzene rings is 3. The number of halogens is 1. The van der Waals surface area contributed by atoms with Gasteiger partial charge in [-0.25, -0.2) is 4.39 Å². The molecule has 0 heterocycles. The molecule has 230 valence electrons. The van der Waals surface area contributed by atoms with Crippen molar-refractivity contribution in [3.8, 4) is 5.75 Å². The van der Waals surface area contributed by atoms with Crippen LogP contribution in [0, 0.1) is 11.7 Å². The highest BCUT2D eigenvalue weighted by Crippen LogP contribution is 2.18. The fraction of sp³-hybridized carbons (Fsp3) is 0.382. The Hall–Kier alpha value is -4.24. The molecule has 3 aromatic rings. The molecule has 3 aromatic carbocycles. The summed E-state index contributed by atoms with van der Waals surface area (Å²) < 4.78 is 18.5. The molecule has 3 atom stereocenters. The molecule has 0 unspecified atom stereocenters. The topological polar surface area (TPSA) is 114 Å². The van der Waals surface area contributed by atoms with E-state index in [2.05, 4.69) is 10.6 Å². The van der Waals surface area contributed by atoms with Crippen LogP contribution >= 0.6 is 0 Å². The van der Waals surface area contributed by atoms with Gasteiger partial charge >= 0.3 is 0 Å². The normalized spacial score (nSPS) is 13.0. The number of hydrogen-bond acceptors (Lipinski definition) is 5. The molecule has 9 heteroatoms. The molecular weight excluding hydrogens is 547 g/mol. The molecule has 0 radical (unpaired) electrons. The van der Waals surface area contributed by atoms with E-state index in [1.54, 1.807) is 43.2 Å². The van der Waals surface area contributed by atoms with E-state index in [1.165, 1.54) is 24.3 Å². The number of carbonyl (C=O) groups excluding carboxylic acids is 3. The predicted molar refractivity (Wildman–Crippen MR) is 168 cm³/mol. The van der Waals surface area contributed by atoms with Crippen molar-refractivity contribution in [3.05, 3.63) is 95.3 Å². The highest BCUT2D eigenvalue weighted by Gasteiger charge is 2.26. The van der Waals surface area contributed by atoms with Crippen LogP contribution in [0.15, 0.2) is 72.8 Å². The second-order valence-electron chi connectivity index (χ2n) is 10.8. The second kappa shape index (κ2) is 16.4. The van der Waals surface area contributed by atoms with Crippen molar-refractivity contribution in [2.24, 2.45) is 11.7 Å². The van der Waals surface area contributed by atoms with Gasteiger partial charge in [0.15, 0.2) is 0 Å². The van der Waals surface area contributed by atoms with Crippen LogP contribution in [0.1, 0.15) is 66.3 Å². The third kappa shape index (κ3) is 9.92. The van der Waals surface area contributed by atoms with Gasteiger partial charge in [0.1, 0.15) is 11.6 Å².